The number of nitrogens with zero attached hydrogens (tertiary/aromatic N) is 2. The first-order chi connectivity index (χ1) is 21.3. The Hall–Kier alpha value is -3.90. The van der Waals surface area contributed by atoms with Gasteiger partial charge in [0.25, 0.3) is 5.91 Å². The highest BCUT2D eigenvalue weighted by Gasteiger charge is 2.60. The second-order valence-electron chi connectivity index (χ2n) is 12.5. The average Bonchev–Trinajstić information content (AvgIpc) is 3.66. The summed E-state index contributed by atoms with van der Waals surface area (Å²) in [6, 6.07) is 7.67. The summed E-state index contributed by atoms with van der Waals surface area (Å²) in [6.45, 7) is 5.58. The number of methoxy groups -OCH3 is 1. The smallest absolute Gasteiger partial charge is 0.417 e. The molecule has 1 aromatic carbocycles. The SMILES string of the molecule is COc1ncc(C(F)(F)F)cc1CO[C@H]1[C@H](C(C)(C)C)[C@@H](C(=O)O)N(C(=O)[C@@H]2CCCCO2)[C@H]1c1ccccc1-c1ccoc1. The van der Waals surface area contributed by atoms with Crippen molar-refractivity contribution in [3.8, 4) is 17.0 Å². The third kappa shape index (κ3) is 6.57. The van der Waals surface area contributed by atoms with Gasteiger partial charge in [0.2, 0.25) is 5.88 Å². The number of aliphatic carboxylic acids is 1. The summed E-state index contributed by atoms with van der Waals surface area (Å²) in [5.41, 5.74) is 0.353. The standard InChI is InChI=1S/C33H37F3N2O7/c1-32(2,3)25-27(31(40)41)38(30(39)24-11-7-8-13-44-24)26(23-10-6-5-9-22(23)19-12-14-43-17-19)28(25)45-18-20-15-21(33(34,35)36)16-37-29(20)42-4/h5-6,9-10,12,14-17,24-28H,7-8,11,13,18H2,1-4H3,(H,40,41)/t24-,25+,26-,27-,28-/m0/s1. The zero-order chi connectivity index (χ0) is 32.5. The summed E-state index contributed by atoms with van der Waals surface area (Å²) in [6.07, 6.45) is -0.721. The van der Waals surface area contributed by atoms with Gasteiger partial charge < -0.3 is 28.6 Å². The van der Waals surface area contributed by atoms with Crippen molar-refractivity contribution in [2.45, 2.75) is 77.1 Å². The van der Waals surface area contributed by atoms with Crippen LogP contribution in [0.1, 0.15) is 62.8 Å². The number of rotatable bonds is 8. The molecule has 5 atom stereocenters. The largest absolute Gasteiger partial charge is 0.481 e. The number of likely N-dealkylation sites (tertiary alicyclic amines) is 1. The molecule has 2 saturated heterocycles. The number of pyridine rings is 1. The molecule has 0 radical (unpaired) electrons. The molecule has 0 unspecified atom stereocenters. The van der Waals surface area contributed by atoms with E-state index in [0.717, 1.165) is 18.9 Å². The minimum absolute atomic E-state index is 0.0362. The van der Waals surface area contributed by atoms with E-state index in [2.05, 4.69) is 4.98 Å². The van der Waals surface area contributed by atoms with Crippen LogP contribution in [0.15, 0.2) is 59.5 Å². The fraction of sp³-hybridized carbons (Fsp3) is 0.485. The van der Waals surface area contributed by atoms with Crippen molar-refractivity contribution in [2.75, 3.05) is 13.7 Å². The zero-order valence-corrected chi connectivity index (χ0v) is 25.5. The second kappa shape index (κ2) is 12.8. The Morgan fingerprint density at radius 1 is 1.13 bits per heavy atom. The van der Waals surface area contributed by atoms with Gasteiger partial charge in [-0.15, -0.1) is 0 Å². The molecule has 2 aliphatic heterocycles. The molecular weight excluding hydrogens is 593 g/mol. The van der Waals surface area contributed by atoms with E-state index in [0.29, 0.717) is 35.9 Å². The van der Waals surface area contributed by atoms with Crippen molar-refractivity contribution < 1.29 is 46.5 Å². The number of ether oxygens (including phenoxy) is 3. The van der Waals surface area contributed by atoms with Crippen LogP contribution in [-0.4, -0.2) is 58.8 Å². The molecular formula is C33H37F3N2O7. The number of benzene rings is 1. The summed E-state index contributed by atoms with van der Waals surface area (Å²) in [4.78, 5) is 32.7. The van der Waals surface area contributed by atoms with Crippen molar-refractivity contribution in [3.05, 3.63) is 71.8 Å². The van der Waals surface area contributed by atoms with E-state index >= 15 is 0 Å². The van der Waals surface area contributed by atoms with Crippen LogP contribution in [0.5, 0.6) is 5.88 Å². The molecule has 242 valence electrons. The van der Waals surface area contributed by atoms with Crippen molar-refractivity contribution in [2.24, 2.45) is 11.3 Å². The van der Waals surface area contributed by atoms with Crippen LogP contribution in [0, 0.1) is 11.3 Å². The molecule has 12 heteroatoms. The van der Waals surface area contributed by atoms with Gasteiger partial charge in [0.1, 0.15) is 12.1 Å². The molecule has 0 spiro atoms. The van der Waals surface area contributed by atoms with E-state index in [4.69, 9.17) is 18.6 Å². The van der Waals surface area contributed by atoms with Crippen molar-refractivity contribution in [1.29, 1.82) is 0 Å². The molecule has 0 aliphatic carbocycles. The number of aromatic nitrogens is 1. The molecule has 45 heavy (non-hydrogen) atoms. The first-order valence-corrected chi connectivity index (χ1v) is 14.8. The molecule has 2 fully saturated rings. The van der Waals surface area contributed by atoms with Crippen LogP contribution in [0.2, 0.25) is 0 Å². The van der Waals surface area contributed by atoms with Crippen LogP contribution >= 0.6 is 0 Å². The molecule has 2 aliphatic rings. The third-order valence-electron chi connectivity index (χ3n) is 8.56. The highest BCUT2D eigenvalue weighted by molar-refractivity contribution is 5.88. The monoisotopic (exact) mass is 630 g/mol. The van der Waals surface area contributed by atoms with Gasteiger partial charge in [-0.25, -0.2) is 9.78 Å². The van der Waals surface area contributed by atoms with Crippen LogP contribution in [0.3, 0.4) is 0 Å². The maximum Gasteiger partial charge on any atom is 0.417 e. The number of hydrogen-bond acceptors (Lipinski definition) is 7. The van der Waals surface area contributed by atoms with Crippen LogP contribution in [-0.2, 0) is 31.8 Å². The summed E-state index contributed by atoms with van der Waals surface area (Å²) >= 11 is 0. The quantitative estimate of drug-likeness (QED) is 0.300. The minimum atomic E-state index is -4.65. The van der Waals surface area contributed by atoms with Crippen molar-refractivity contribution >= 4 is 11.9 Å². The molecule has 0 bridgehead atoms. The predicted molar refractivity (Wildman–Crippen MR) is 156 cm³/mol. The van der Waals surface area contributed by atoms with Gasteiger partial charge in [-0.3, -0.25) is 4.79 Å². The Balaban J connectivity index is 1.68. The first-order valence-electron chi connectivity index (χ1n) is 14.8. The number of furan rings is 1. The van der Waals surface area contributed by atoms with E-state index in [1.165, 1.54) is 18.3 Å². The van der Waals surface area contributed by atoms with Crippen molar-refractivity contribution in [3.63, 3.8) is 0 Å². The van der Waals surface area contributed by atoms with Gasteiger partial charge in [-0.2, -0.15) is 13.2 Å². The molecule has 5 rings (SSSR count). The normalized spacial score (nSPS) is 24.1. The van der Waals surface area contributed by atoms with Crippen LogP contribution < -0.4 is 4.74 Å². The Labute approximate surface area is 259 Å². The lowest BCUT2D eigenvalue weighted by molar-refractivity contribution is -0.159. The summed E-state index contributed by atoms with van der Waals surface area (Å²) in [5, 5.41) is 10.7. The molecule has 0 saturated carbocycles. The number of carbonyl (C=O) groups excluding carboxylic acids is 1. The van der Waals surface area contributed by atoms with E-state index in [1.807, 2.05) is 39.0 Å². The van der Waals surface area contributed by atoms with Gasteiger partial charge in [0, 0.05) is 29.8 Å². The third-order valence-corrected chi connectivity index (χ3v) is 8.56. The topological polar surface area (TPSA) is 111 Å². The number of halogens is 3. The number of hydrogen-bond donors (Lipinski definition) is 1. The molecule has 1 N–H and O–H groups in total. The molecule has 1 amide bonds. The zero-order valence-electron chi connectivity index (χ0n) is 25.5. The molecule has 3 aromatic rings. The lowest BCUT2D eigenvalue weighted by atomic mass is 9.73. The molecule has 4 heterocycles. The van der Waals surface area contributed by atoms with Gasteiger partial charge >= 0.3 is 12.1 Å². The summed E-state index contributed by atoms with van der Waals surface area (Å²) < 4.78 is 63.9. The molecule has 2 aromatic heterocycles. The van der Waals surface area contributed by atoms with E-state index in [9.17, 15) is 27.9 Å². The van der Waals surface area contributed by atoms with Crippen molar-refractivity contribution in [1.82, 2.24) is 9.88 Å². The lowest BCUT2D eigenvalue weighted by Crippen LogP contribution is -2.51. The summed E-state index contributed by atoms with van der Waals surface area (Å²) in [7, 11) is 1.29. The Morgan fingerprint density at radius 3 is 2.49 bits per heavy atom. The van der Waals surface area contributed by atoms with Crippen LogP contribution in [0.25, 0.3) is 11.1 Å². The highest BCUT2D eigenvalue weighted by Crippen LogP contribution is 2.52. The fourth-order valence-electron chi connectivity index (χ4n) is 6.58. The fourth-order valence-corrected chi connectivity index (χ4v) is 6.58. The Kier molecular flexibility index (Phi) is 9.27. The second-order valence-corrected chi connectivity index (χ2v) is 12.5. The predicted octanol–water partition coefficient (Wildman–Crippen LogP) is 6.52. The minimum Gasteiger partial charge on any atom is -0.481 e. The number of carboxylic acid groups (broad SMARTS) is 1. The van der Waals surface area contributed by atoms with Gasteiger partial charge in [-0.1, -0.05) is 45.0 Å². The summed E-state index contributed by atoms with van der Waals surface area (Å²) in [5.74, 6) is -2.52. The number of carboxylic acids is 1. The average molecular weight is 631 g/mol. The lowest BCUT2D eigenvalue weighted by Gasteiger charge is -2.35. The number of amides is 1. The number of alkyl halides is 3. The van der Waals surface area contributed by atoms with E-state index in [1.54, 1.807) is 18.4 Å². The van der Waals surface area contributed by atoms with E-state index < -0.39 is 59.2 Å². The Morgan fingerprint density at radius 2 is 1.89 bits per heavy atom. The highest BCUT2D eigenvalue weighted by atomic mass is 19.4. The number of carbonyl (C=O) groups is 2. The van der Waals surface area contributed by atoms with Gasteiger partial charge in [-0.05, 0) is 47.9 Å². The first kappa shape index (κ1) is 32.5. The van der Waals surface area contributed by atoms with Crippen LogP contribution in [0.4, 0.5) is 13.2 Å². The maximum atomic E-state index is 14.4. The Bertz CT molecular complexity index is 1500. The van der Waals surface area contributed by atoms with Gasteiger partial charge in [0.05, 0.1) is 44.0 Å². The molecule has 9 nitrogen and oxygen atoms in total. The van der Waals surface area contributed by atoms with Gasteiger partial charge in [0.15, 0.2) is 0 Å². The van der Waals surface area contributed by atoms with E-state index in [-0.39, 0.29) is 18.1 Å². The maximum absolute atomic E-state index is 14.4.